The minimum absolute atomic E-state index is 0.0941. The maximum Gasteiger partial charge on any atom is 0.193 e. The zero-order valence-corrected chi connectivity index (χ0v) is 13.0. The normalized spacial score (nSPS) is 10.9. The van der Waals surface area contributed by atoms with E-state index in [1.165, 1.54) is 17.3 Å². The number of nitrogens with one attached hydrogen (secondary N) is 1. The third-order valence-corrected chi connectivity index (χ3v) is 3.28. The second-order valence-corrected chi connectivity index (χ2v) is 6.40. The van der Waals surface area contributed by atoms with Crippen molar-refractivity contribution in [2.45, 2.75) is 26.2 Å². The van der Waals surface area contributed by atoms with E-state index in [1.807, 2.05) is 12.1 Å². The maximum absolute atomic E-state index is 7.46. The van der Waals surface area contributed by atoms with Gasteiger partial charge in [-0.3, -0.25) is 5.41 Å². The van der Waals surface area contributed by atoms with Crippen LogP contribution in [-0.4, -0.2) is 23.5 Å². The highest BCUT2D eigenvalue weighted by Gasteiger charge is 2.12. The summed E-state index contributed by atoms with van der Waals surface area (Å²) in [5.41, 5.74) is 11.8. The summed E-state index contributed by atoms with van der Waals surface area (Å²) in [4.78, 5) is 3.62. The molecule has 0 aliphatic rings. The first-order valence-corrected chi connectivity index (χ1v) is 7.32. The van der Waals surface area contributed by atoms with E-state index in [0.717, 1.165) is 5.75 Å². The summed E-state index contributed by atoms with van der Waals surface area (Å²) in [7, 11) is 0. The van der Waals surface area contributed by atoms with E-state index in [9.17, 15) is 0 Å². The van der Waals surface area contributed by atoms with Gasteiger partial charge in [0.1, 0.15) is 5.75 Å². The molecule has 0 amide bonds. The van der Waals surface area contributed by atoms with Crippen LogP contribution in [0.25, 0.3) is 0 Å². The molecule has 1 aromatic rings. The van der Waals surface area contributed by atoms with Crippen LogP contribution in [0.15, 0.2) is 29.3 Å². The fourth-order valence-corrected chi connectivity index (χ4v) is 2.03. The van der Waals surface area contributed by atoms with Crippen molar-refractivity contribution >= 4 is 22.9 Å². The molecule has 0 bridgehead atoms. The summed E-state index contributed by atoms with van der Waals surface area (Å²) in [5.74, 6) is 1.35. The number of thioether (sulfide) groups is 1. The van der Waals surface area contributed by atoms with E-state index >= 15 is 0 Å². The molecule has 0 aliphatic carbocycles. The van der Waals surface area contributed by atoms with Crippen molar-refractivity contribution in [3.8, 4) is 5.75 Å². The Morgan fingerprint density at radius 3 is 2.35 bits per heavy atom. The summed E-state index contributed by atoms with van der Waals surface area (Å²) in [6.45, 7) is 7.03. The van der Waals surface area contributed by atoms with Gasteiger partial charge in [-0.05, 0) is 23.1 Å². The lowest BCUT2D eigenvalue weighted by Crippen LogP contribution is -2.23. The van der Waals surface area contributed by atoms with Gasteiger partial charge in [-0.2, -0.15) is 4.99 Å². The highest BCUT2D eigenvalue weighted by Crippen LogP contribution is 2.24. The SMILES string of the molecule is CC(C)(C)c1ccc(OCCSC(=N)N=C(N)N)cc1. The number of guanidine groups is 1. The van der Waals surface area contributed by atoms with Crippen molar-refractivity contribution in [3.05, 3.63) is 29.8 Å². The first-order valence-electron chi connectivity index (χ1n) is 6.33. The van der Waals surface area contributed by atoms with Gasteiger partial charge >= 0.3 is 0 Å². The highest BCUT2D eigenvalue weighted by molar-refractivity contribution is 8.13. The molecule has 0 heterocycles. The van der Waals surface area contributed by atoms with Crippen LogP contribution in [-0.2, 0) is 5.41 Å². The average Bonchev–Trinajstić information content (AvgIpc) is 2.33. The lowest BCUT2D eigenvalue weighted by Gasteiger charge is -2.19. The summed E-state index contributed by atoms with van der Waals surface area (Å²) in [6, 6.07) is 8.08. The number of nitrogens with two attached hydrogens (primary N) is 2. The fourth-order valence-electron chi connectivity index (χ4n) is 1.50. The molecule has 6 heteroatoms. The molecular formula is C14H22N4OS. The van der Waals surface area contributed by atoms with Crippen molar-refractivity contribution in [2.75, 3.05) is 12.4 Å². The smallest absolute Gasteiger partial charge is 0.193 e. The molecule has 20 heavy (non-hydrogen) atoms. The Kier molecular flexibility index (Phi) is 5.88. The third kappa shape index (κ3) is 5.97. The van der Waals surface area contributed by atoms with Gasteiger partial charge in [0, 0.05) is 5.75 Å². The van der Waals surface area contributed by atoms with Gasteiger partial charge < -0.3 is 16.2 Å². The van der Waals surface area contributed by atoms with Gasteiger partial charge in [-0.15, -0.1) is 0 Å². The summed E-state index contributed by atoms with van der Waals surface area (Å²) >= 11 is 1.24. The standard InChI is InChI=1S/C14H22N4OS/c1-14(2,3)10-4-6-11(7-5-10)19-8-9-20-13(17)18-12(15)16/h4-7H,8-9H2,1-3H3,(H5,15,16,17,18). The number of rotatable bonds is 4. The molecule has 0 saturated heterocycles. The van der Waals surface area contributed by atoms with Crippen molar-refractivity contribution in [3.63, 3.8) is 0 Å². The van der Waals surface area contributed by atoms with E-state index in [2.05, 4.69) is 37.9 Å². The Morgan fingerprint density at radius 1 is 1.25 bits per heavy atom. The topological polar surface area (TPSA) is 97.5 Å². The zero-order chi connectivity index (χ0) is 15.2. The maximum atomic E-state index is 7.46. The molecule has 0 aliphatic heterocycles. The summed E-state index contributed by atoms with van der Waals surface area (Å²) in [6.07, 6.45) is 0. The van der Waals surface area contributed by atoms with Crippen LogP contribution in [0.1, 0.15) is 26.3 Å². The highest BCUT2D eigenvalue weighted by atomic mass is 32.2. The Labute approximate surface area is 124 Å². The van der Waals surface area contributed by atoms with E-state index in [4.69, 9.17) is 21.6 Å². The number of hydrogen-bond donors (Lipinski definition) is 3. The second kappa shape index (κ2) is 7.19. The molecular weight excluding hydrogens is 272 g/mol. The van der Waals surface area contributed by atoms with Gasteiger partial charge in [0.2, 0.25) is 0 Å². The molecule has 1 aromatic carbocycles. The molecule has 0 fully saturated rings. The minimum atomic E-state index is -0.0961. The molecule has 110 valence electrons. The van der Waals surface area contributed by atoms with Crippen molar-refractivity contribution in [2.24, 2.45) is 16.5 Å². The van der Waals surface area contributed by atoms with Crippen molar-refractivity contribution in [1.82, 2.24) is 0 Å². The second-order valence-electron chi connectivity index (χ2n) is 5.31. The molecule has 1 rings (SSSR count). The van der Waals surface area contributed by atoms with E-state index in [-0.39, 0.29) is 16.5 Å². The monoisotopic (exact) mass is 294 g/mol. The van der Waals surface area contributed by atoms with Crippen LogP contribution in [0.2, 0.25) is 0 Å². The number of hydrogen-bond acceptors (Lipinski definition) is 3. The molecule has 0 radical (unpaired) electrons. The first kappa shape index (κ1) is 16.4. The summed E-state index contributed by atoms with van der Waals surface area (Å²) in [5, 5.41) is 7.55. The fraction of sp³-hybridized carbons (Fsp3) is 0.429. The van der Waals surface area contributed by atoms with Gasteiger partial charge in [0.15, 0.2) is 11.1 Å². The molecule has 0 unspecified atom stereocenters. The van der Waals surface area contributed by atoms with Gasteiger partial charge in [-0.25, -0.2) is 0 Å². The van der Waals surface area contributed by atoms with Crippen LogP contribution in [0.3, 0.4) is 0 Å². The van der Waals surface area contributed by atoms with Crippen molar-refractivity contribution < 1.29 is 4.74 Å². The van der Waals surface area contributed by atoms with Crippen LogP contribution in [0.4, 0.5) is 0 Å². The average molecular weight is 294 g/mol. The Morgan fingerprint density at radius 2 is 1.85 bits per heavy atom. The molecule has 0 aromatic heterocycles. The molecule has 0 atom stereocenters. The Bertz CT molecular complexity index is 473. The molecule has 5 nitrogen and oxygen atoms in total. The van der Waals surface area contributed by atoms with Crippen molar-refractivity contribution in [1.29, 1.82) is 5.41 Å². The number of nitrogens with zero attached hydrogens (tertiary/aromatic N) is 1. The molecule has 5 N–H and O–H groups in total. The van der Waals surface area contributed by atoms with Gasteiger partial charge in [-0.1, -0.05) is 44.7 Å². The van der Waals surface area contributed by atoms with E-state index in [0.29, 0.717) is 12.4 Å². The van der Waals surface area contributed by atoms with E-state index in [1.54, 1.807) is 0 Å². The van der Waals surface area contributed by atoms with Crippen LogP contribution < -0.4 is 16.2 Å². The van der Waals surface area contributed by atoms with Crippen LogP contribution in [0, 0.1) is 5.41 Å². The lowest BCUT2D eigenvalue weighted by molar-refractivity contribution is 0.344. The first-order chi connectivity index (χ1) is 9.29. The van der Waals surface area contributed by atoms with Gasteiger partial charge in [0.05, 0.1) is 6.61 Å². The zero-order valence-electron chi connectivity index (χ0n) is 12.1. The minimum Gasteiger partial charge on any atom is -0.493 e. The third-order valence-electron chi connectivity index (χ3n) is 2.54. The summed E-state index contributed by atoms with van der Waals surface area (Å²) < 4.78 is 5.60. The largest absolute Gasteiger partial charge is 0.493 e. The quantitative estimate of drug-likeness (QED) is 0.451. The predicted molar refractivity (Wildman–Crippen MR) is 86.6 cm³/mol. The van der Waals surface area contributed by atoms with Crippen LogP contribution >= 0.6 is 11.8 Å². The van der Waals surface area contributed by atoms with Gasteiger partial charge in [0.25, 0.3) is 0 Å². The number of benzene rings is 1. The van der Waals surface area contributed by atoms with E-state index < -0.39 is 0 Å². The number of amidine groups is 1. The lowest BCUT2D eigenvalue weighted by atomic mass is 9.87. The number of aliphatic imine (C=N–C) groups is 1. The Hall–Kier alpha value is -1.69. The Balaban J connectivity index is 2.36. The molecule has 0 spiro atoms. The number of ether oxygens (including phenoxy) is 1. The molecule has 0 saturated carbocycles. The van der Waals surface area contributed by atoms with Crippen LogP contribution in [0.5, 0.6) is 5.75 Å². The predicted octanol–water partition coefficient (Wildman–Crippen LogP) is 2.30.